The van der Waals surface area contributed by atoms with Crippen molar-refractivity contribution in [2.75, 3.05) is 6.54 Å². The van der Waals surface area contributed by atoms with E-state index in [0.29, 0.717) is 31.4 Å². The molecule has 1 N–H and O–H groups in total. The van der Waals surface area contributed by atoms with Crippen molar-refractivity contribution in [1.82, 2.24) is 4.90 Å². The van der Waals surface area contributed by atoms with Gasteiger partial charge in [-0.2, -0.15) is 0 Å². The van der Waals surface area contributed by atoms with Crippen molar-refractivity contribution >= 4 is 35.0 Å². The van der Waals surface area contributed by atoms with Gasteiger partial charge in [0.15, 0.2) is 11.6 Å². The van der Waals surface area contributed by atoms with Crippen LogP contribution in [-0.2, 0) is 9.59 Å². The molecule has 0 aliphatic carbocycles. The highest BCUT2D eigenvalue weighted by Crippen LogP contribution is 2.34. The van der Waals surface area contributed by atoms with Gasteiger partial charge >= 0.3 is 5.97 Å². The Kier molecular flexibility index (Phi) is 6.66. The standard InChI is InChI=1S/C20H16F3NO5S/c21-13-10-15(23)14(22)9-12(13)16-6-5-11(29-16)8-17-19(27)24(20(28)30-17)7-3-1-2-4-18(25)26/h5-6,8-10H,1-4,7H2,(H,25,26)/b17-8-. The Labute approximate surface area is 173 Å². The Morgan fingerprint density at radius 2 is 1.80 bits per heavy atom. The lowest BCUT2D eigenvalue weighted by atomic mass is 10.1. The number of nitrogens with zero attached hydrogens (tertiary/aromatic N) is 1. The van der Waals surface area contributed by atoms with Crippen LogP contribution in [-0.4, -0.2) is 33.7 Å². The number of furan rings is 1. The van der Waals surface area contributed by atoms with Crippen molar-refractivity contribution in [3.05, 3.63) is 52.4 Å². The maximum Gasteiger partial charge on any atom is 0.303 e. The van der Waals surface area contributed by atoms with Gasteiger partial charge in [-0.25, -0.2) is 13.2 Å². The largest absolute Gasteiger partial charge is 0.481 e. The van der Waals surface area contributed by atoms with Crippen molar-refractivity contribution in [3.63, 3.8) is 0 Å². The number of imide groups is 1. The van der Waals surface area contributed by atoms with Crippen LogP contribution < -0.4 is 0 Å². The van der Waals surface area contributed by atoms with Gasteiger partial charge in [0.25, 0.3) is 11.1 Å². The molecule has 0 atom stereocenters. The van der Waals surface area contributed by atoms with Gasteiger partial charge in [-0.05, 0) is 42.8 Å². The summed E-state index contributed by atoms with van der Waals surface area (Å²) in [6.45, 7) is 0.172. The summed E-state index contributed by atoms with van der Waals surface area (Å²) in [5.74, 6) is -4.88. The lowest BCUT2D eigenvalue weighted by Crippen LogP contribution is -2.29. The van der Waals surface area contributed by atoms with Crippen molar-refractivity contribution in [2.24, 2.45) is 0 Å². The van der Waals surface area contributed by atoms with Crippen molar-refractivity contribution in [1.29, 1.82) is 0 Å². The number of aliphatic carboxylic acids is 1. The summed E-state index contributed by atoms with van der Waals surface area (Å²) in [5.41, 5.74) is -0.275. The lowest BCUT2D eigenvalue weighted by Gasteiger charge is -2.11. The van der Waals surface area contributed by atoms with Crippen LogP contribution in [0.25, 0.3) is 17.4 Å². The number of hydrogen-bond acceptors (Lipinski definition) is 5. The van der Waals surface area contributed by atoms with E-state index in [1.165, 1.54) is 18.2 Å². The molecule has 10 heteroatoms. The molecule has 2 heterocycles. The number of halogens is 3. The van der Waals surface area contributed by atoms with E-state index < -0.39 is 34.6 Å². The first-order valence-corrected chi connectivity index (χ1v) is 9.80. The maximum absolute atomic E-state index is 13.9. The van der Waals surface area contributed by atoms with Crippen LogP contribution in [0.15, 0.2) is 33.6 Å². The molecule has 158 valence electrons. The van der Waals surface area contributed by atoms with Crippen LogP contribution in [0.4, 0.5) is 18.0 Å². The Bertz CT molecular complexity index is 1030. The summed E-state index contributed by atoms with van der Waals surface area (Å²) in [6, 6.07) is 3.84. The summed E-state index contributed by atoms with van der Waals surface area (Å²) in [6.07, 6.45) is 2.85. The number of benzene rings is 1. The summed E-state index contributed by atoms with van der Waals surface area (Å²) >= 11 is 0.719. The Hall–Kier alpha value is -3.01. The maximum atomic E-state index is 13.9. The van der Waals surface area contributed by atoms with E-state index in [1.807, 2.05) is 0 Å². The molecule has 1 saturated heterocycles. The van der Waals surface area contributed by atoms with Gasteiger partial charge in [0.1, 0.15) is 17.3 Å². The fourth-order valence-electron chi connectivity index (χ4n) is 2.83. The second-order valence-corrected chi connectivity index (χ2v) is 7.48. The van der Waals surface area contributed by atoms with Crippen LogP contribution >= 0.6 is 11.8 Å². The molecule has 3 rings (SSSR count). The number of thioether (sulfide) groups is 1. The number of unbranched alkanes of at least 4 members (excludes halogenated alkanes) is 2. The Balaban J connectivity index is 1.68. The first-order valence-electron chi connectivity index (χ1n) is 8.98. The zero-order valence-electron chi connectivity index (χ0n) is 15.5. The number of carbonyl (C=O) groups is 3. The van der Waals surface area contributed by atoms with Crippen LogP contribution in [0.1, 0.15) is 31.4 Å². The molecule has 0 bridgehead atoms. The summed E-state index contributed by atoms with van der Waals surface area (Å²) in [7, 11) is 0. The first kappa shape index (κ1) is 21.7. The SMILES string of the molecule is O=C(O)CCCCCN1C(=O)S/C(=C\c2ccc(-c3cc(F)c(F)cc3F)o2)C1=O. The second kappa shape index (κ2) is 9.21. The molecule has 0 saturated carbocycles. The molecule has 1 fully saturated rings. The monoisotopic (exact) mass is 439 g/mol. The van der Waals surface area contributed by atoms with Gasteiger partial charge in [-0.1, -0.05) is 6.42 Å². The van der Waals surface area contributed by atoms with E-state index in [-0.39, 0.29) is 35.0 Å². The molecule has 2 aromatic rings. The van der Waals surface area contributed by atoms with E-state index in [4.69, 9.17) is 9.52 Å². The Morgan fingerprint density at radius 1 is 1.07 bits per heavy atom. The van der Waals surface area contributed by atoms with Crippen LogP contribution in [0, 0.1) is 17.5 Å². The fourth-order valence-corrected chi connectivity index (χ4v) is 3.68. The van der Waals surface area contributed by atoms with E-state index in [9.17, 15) is 27.6 Å². The topological polar surface area (TPSA) is 87.8 Å². The highest BCUT2D eigenvalue weighted by molar-refractivity contribution is 8.18. The minimum Gasteiger partial charge on any atom is -0.481 e. The molecule has 1 aliphatic heterocycles. The molecule has 2 amide bonds. The van der Waals surface area contributed by atoms with Crippen LogP contribution in [0.3, 0.4) is 0 Å². The van der Waals surface area contributed by atoms with Gasteiger partial charge in [-0.15, -0.1) is 0 Å². The van der Waals surface area contributed by atoms with Crippen LogP contribution in [0.2, 0.25) is 0 Å². The Morgan fingerprint density at radius 3 is 2.53 bits per heavy atom. The van der Waals surface area contributed by atoms with Gasteiger partial charge in [0.05, 0.1) is 10.5 Å². The van der Waals surface area contributed by atoms with Crippen molar-refractivity contribution in [2.45, 2.75) is 25.7 Å². The zero-order chi connectivity index (χ0) is 21.8. The van der Waals surface area contributed by atoms with Crippen LogP contribution in [0.5, 0.6) is 0 Å². The average Bonchev–Trinajstić information content (AvgIpc) is 3.24. The van der Waals surface area contributed by atoms with E-state index in [2.05, 4.69) is 0 Å². The third-order valence-electron chi connectivity index (χ3n) is 4.32. The molecule has 1 aromatic heterocycles. The minimum atomic E-state index is -1.32. The zero-order valence-corrected chi connectivity index (χ0v) is 16.3. The predicted octanol–water partition coefficient (Wildman–Crippen LogP) is 5.05. The fraction of sp³-hybridized carbons (Fsp3) is 0.250. The molecule has 6 nitrogen and oxygen atoms in total. The molecular weight excluding hydrogens is 423 g/mol. The molecule has 0 radical (unpaired) electrons. The number of carboxylic acid groups (broad SMARTS) is 1. The minimum absolute atomic E-state index is 0.0289. The second-order valence-electron chi connectivity index (χ2n) is 6.49. The molecule has 1 aliphatic rings. The van der Waals surface area contributed by atoms with Gasteiger partial charge < -0.3 is 9.52 Å². The van der Waals surface area contributed by atoms with Crippen molar-refractivity contribution in [3.8, 4) is 11.3 Å². The van der Waals surface area contributed by atoms with E-state index in [0.717, 1.165) is 16.7 Å². The molecule has 0 unspecified atom stereocenters. The van der Waals surface area contributed by atoms with Gasteiger partial charge in [-0.3, -0.25) is 19.3 Å². The summed E-state index contributed by atoms with van der Waals surface area (Å²) in [5, 5.41) is 8.15. The average molecular weight is 439 g/mol. The summed E-state index contributed by atoms with van der Waals surface area (Å²) in [4.78, 5) is 36.2. The quantitative estimate of drug-likeness (QED) is 0.352. The third kappa shape index (κ3) is 4.93. The normalized spacial score (nSPS) is 15.4. The number of hydrogen-bond donors (Lipinski definition) is 1. The van der Waals surface area contributed by atoms with Crippen molar-refractivity contribution < 1.29 is 37.1 Å². The molecule has 30 heavy (non-hydrogen) atoms. The smallest absolute Gasteiger partial charge is 0.303 e. The van der Waals surface area contributed by atoms with Gasteiger partial charge in [0.2, 0.25) is 0 Å². The lowest BCUT2D eigenvalue weighted by molar-refractivity contribution is -0.137. The van der Waals surface area contributed by atoms with E-state index >= 15 is 0 Å². The highest BCUT2D eigenvalue weighted by Gasteiger charge is 2.34. The molecule has 1 aromatic carbocycles. The highest BCUT2D eigenvalue weighted by atomic mass is 32.2. The number of amides is 2. The first-order chi connectivity index (χ1) is 14.3. The molecular formula is C20H16F3NO5S. The molecule has 0 spiro atoms. The number of carboxylic acids is 1. The predicted molar refractivity (Wildman–Crippen MR) is 103 cm³/mol. The van der Waals surface area contributed by atoms with E-state index in [1.54, 1.807) is 0 Å². The summed E-state index contributed by atoms with van der Waals surface area (Å²) < 4.78 is 45.8. The number of rotatable bonds is 8. The third-order valence-corrected chi connectivity index (χ3v) is 5.23. The number of carbonyl (C=O) groups excluding carboxylic acids is 2. The van der Waals surface area contributed by atoms with Gasteiger partial charge in [0, 0.05) is 25.1 Å².